The first-order chi connectivity index (χ1) is 7.31. The largest absolute Gasteiger partial charge is 0.207 e. The van der Waals surface area contributed by atoms with E-state index in [4.69, 9.17) is 0 Å². The molecule has 0 atom stereocenters. The number of halogens is 1. The number of hydrogen-bond donors (Lipinski definition) is 0. The SMILES string of the molecule is CCCCC1=Cc2cccc(F)c2CC1. The summed E-state index contributed by atoms with van der Waals surface area (Å²) in [6.07, 6.45) is 7.74. The predicted molar refractivity (Wildman–Crippen MR) is 62.2 cm³/mol. The maximum absolute atomic E-state index is 13.4. The zero-order valence-electron chi connectivity index (χ0n) is 9.22. The van der Waals surface area contributed by atoms with Crippen LogP contribution in [0.15, 0.2) is 23.8 Å². The Kier molecular flexibility index (Phi) is 3.20. The minimum Gasteiger partial charge on any atom is -0.207 e. The lowest BCUT2D eigenvalue weighted by molar-refractivity contribution is 0.604. The molecular weight excluding hydrogens is 187 g/mol. The Labute approximate surface area is 90.8 Å². The van der Waals surface area contributed by atoms with E-state index in [1.54, 1.807) is 12.1 Å². The van der Waals surface area contributed by atoms with Crippen molar-refractivity contribution in [3.8, 4) is 0 Å². The Morgan fingerprint density at radius 3 is 2.93 bits per heavy atom. The first-order valence-electron chi connectivity index (χ1n) is 5.78. The second kappa shape index (κ2) is 4.61. The topological polar surface area (TPSA) is 0 Å². The van der Waals surface area contributed by atoms with Gasteiger partial charge in [-0.1, -0.05) is 37.1 Å². The molecule has 0 N–H and O–H groups in total. The van der Waals surface area contributed by atoms with Crippen LogP contribution in [0.25, 0.3) is 6.08 Å². The Morgan fingerprint density at radius 1 is 1.27 bits per heavy atom. The van der Waals surface area contributed by atoms with Gasteiger partial charge in [-0.2, -0.15) is 0 Å². The first kappa shape index (κ1) is 10.4. The molecule has 0 aromatic heterocycles. The lowest BCUT2D eigenvalue weighted by atomic mass is 9.89. The molecule has 1 aromatic carbocycles. The third-order valence-corrected chi connectivity index (χ3v) is 3.06. The fourth-order valence-electron chi connectivity index (χ4n) is 2.15. The molecule has 0 saturated carbocycles. The third kappa shape index (κ3) is 2.28. The van der Waals surface area contributed by atoms with Gasteiger partial charge in [0.1, 0.15) is 5.82 Å². The number of benzene rings is 1. The highest BCUT2D eigenvalue weighted by Crippen LogP contribution is 2.28. The van der Waals surface area contributed by atoms with Gasteiger partial charge in [-0.25, -0.2) is 4.39 Å². The van der Waals surface area contributed by atoms with E-state index < -0.39 is 0 Å². The van der Waals surface area contributed by atoms with Crippen molar-refractivity contribution in [2.45, 2.75) is 39.0 Å². The molecule has 0 heterocycles. The Balaban J connectivity index is 2.22. The summed E-state index contributed by atoms with van der Waals surface area (Å²) in [5, 5.41) is 0. The van der Waals surface area contributed by atoms with Gasteiger partial charge in [0, 0.05) is 0 Å². The summed E-state index contributed by atoms with van der Waals surface area (Å²) in [7, 11) is 0. The van der Waals surface area contributed by atoms with Crippen LogP contribution in [-0.4, -0.2) is 0 Å². The van der Waals surface area contributed by atoms with E-state index >= 15 is 0 Å². The summed E-state index contributed by atoms with van der Waals surface area (Å²) in [6, 6.07) is 5.38. The van der Waals surface area contributed by atoms with Gasteiger partial charge in [0.15, 0.2) is 0 Å². The highest BCUT2D eigenvalue weighted by atomic mass is 19.1. The standard InChI is InChI=1S/C14H17F/c1-2-3-5-11-8-9-13-12(10-11)6-4-7-14(13)15/h4,6-7,10H,2-3,5,8-9H2,1H3. The minimum absolute atomic E-state index is 0.0432. The highest BCUT2D eigenvalue weighted by Gasteiger charge is 2.13. The quantitative estimate of drug-likeness (QED) is 0.686. The van der Waals surface area contributed by atoms with Crippen LogP contribution in [0.3, 0.4) is 0 Å². The first-order valence-corrected chi connectivity index (χ1v) is 5.78. The minimum atomic E-state index is -0.0432. The Bertz CT molecular complexity index is 377. The number of fused-ring (bicyclic) bond motifs is 1. The number of hydrogen-bond acceptors (Lipinski definition) is 0. The summed E-state index contributed by atoms with van der Waals surface area (Å²) >= 11 is 0. The van der Waals surface area contributed by atoms with E-state index in [0.717, 1.165) is 24.0 Å². The highest BCUT2D eigenvalue weighted by molar-refractivity contribution is 5.59. The number of rotatable bonds is 3. The lowest BCUT2D eigenvalue weighted by Gasteiger charge is -2.16. The summed E-state index contributed by atoms with van der Waals surface area (Å²) in [4.78, 5) is 0. The fourth-order valence-corrected chi connectivity index (χ4v) is 2.15. The zero-order valence-corrected chi connectivity index (χ0v) is 9.22. The molecule has 0 amide bonds. The second-order valence-corrected chi connectivity index (χ2v) is 4.21. The van der Waals surface area contributed by atoms with Gasteiger partial charge in [0.2, 0.25) is 0 Å². The van der Waals surface area contributed by atoms with Crippen LogP contribution in [0, 0.1) is 5.82 Å². The zero-order chi connectivity index (χ0) is 10.7. The van der Waals surface area contributed by atoms with E-state index in [0.29, 0.717) is 0 Å². The molecule has 0 radical (unpaired) electrons. The molecule has 0 unspecified atom stereocenters. The van der Waals surface area contributed by atoms with Crippen molar-refractivity contribution in [3.63, 3.8) is 0 Å². The monoisotopic (exact) mass is 204 g/mol. The number of unbranched alkanes of at least 4 members (excludes halogenated alkanes) is 1. The Hall–Kier alpha value is -1.11. The molecule has 0 bridgehead atoms. The van der Waals surface area contributed by atoms with Crippen LogP contribution in [-0.2, 0) is 6.42 Å². The molecule has 15 heavy (non-hydrogen) atoms. The average Bonchev–Trinajstić information content (AvgIpc) is 2.26. The Morgan fingerprint density at radius 2 is 2.13 bits per heavy atom. The van der Waals surface area contributed by atoms with Crippen molar-refractivity contribution in [3.05, 3.63) is 40.7 Å². The predicted octanol–water partition coefficient (Wildman–Crippen LogP) is 4.35. The summed E-state index contributed by atoms with van der Waals surface area (Å²) in [6.45, 7) is 2.21. The van der Waals surface area contributed by atoms with Crippen molar-refractivity contribution in [2.24, 2.45) is 0 Å². The summed E-state index contributed by atoms with van der Waals surface area (Å²) in [5.41, 5.74) is 3.47. The fraction of sp³-hybridized carbons (Fsp3) is 0.429. The summed E-state index contributed by atoms with van der Waals surface area (Å²) in [5.74, 6) is -0.0432. The molecule has 0 saturated heterocycles. The van der Waals surface area contributed by atoms with E-state index in [2.05, 4.69) is 13.0 Å². The molecule has 0 nitrogen and oxygen atoms in total. The molecule has 1 aromatic rings. The van der Waals surface area contributed by atoms with Gasteiger partial charge in [-0.05, 0) is 42.9 Å². The van der Waals surface area contributed by atoms with Crippen molar-refractivity contribution in [1.82, 2.24) is 0 Å². The van der Waals surface area contributed by atoms with Crippen LogP contribution >= 0.6 is 0 Å². The lowest BCUT2D eigenvalue weighted by Crippen LogP contribution is -2.02. The van der Waals surface area contributed by atoms with Gasteiger partial charge in [-0.15, -0.1) is 0 Å². The van der Waals surface area contributed by atoms with E-state index in [1.165, 1.54) is 24.8 Å². The van der Waals surface area contributed by atoms with Gasteiger partial charge in [0.25, 0.3) is 0 Å². The molecule has 0 fully saturated rings. The third-order valence-electron chi connectivity index (χ3n) is 3.06. The van der Waals surface area contributed by atoms with Crippen LogP contribution in [0.1, 0.15) is 43.7 Å². The van der Waals surface area contributed by atoms with Gasteiger partial charge < -0.3 is 0 Å². The average molecular weight is 204 g/mol. The van der Waals surface area contributed by atoms with Crippen LogP contribution < -0.4 is 0 Å². The van der Waals surface area contributed by atoms with Crippen LogP contribution in [0.4, 0.5) is 4.39 Å². The van der Waals surface area contributed by atoms with E-state index in [-0.39, 0.29) is 5.82 Å². The number of allylic oxidation sites excluding steroid dienone is 1. The summed E-state index contributed by atoms with van der Waals surface area (Å²) < 4.78 is 13.4. The van der Waals surface area contributed by atoms with Crippen LogP contribution in [0.2, 0.25) is 0 Å². The molecule has 0 spiro atoms. The molecular formula is C14H17F. The van der Waals surface area contributed by atoms with Crippen molar-refractivity contribution < 1.29 is 4.39 Å². The molecule has 1 aliphatic carbocycles. The second-order valence-electron chi connectivity index (χ2n) is 4.21. The molecule has 2 rings (SSSR count). The molecule has 0 aliphatic heterocycles. The van der Waals surface area contributed by atoms with E-state index in [9.17, 15) is 4.39 Å². The van der Waals surface area contributed by atoms with E-state index in [1.807, 2.05) is 6.07 Å². The van der Waals surface area contributed by atoms with Crippen molar-refractivity contribution in [2.75, 3.05) is 0 Å². The maximum atomic E-state index is 13.4. The smallest absolute Gasteiger partial charge is 0.127 e. The van der Waals surface area contributed by atoms with Gasteiger partial charge >= 0.3 is 0 Å². The van der Waals surface area contributed by atoms with Crippen molar-refractivity contribution >= 4 is 6.08 Å². The molecule has 80 valence electrons. The molecule has 1 aliphatic rings. The van der Waals surface area contributed by atoms with Gasteiger partial charge in [0.05, 0.1) is 0 Å². The maximum Gasteiger partial charge on any atom is 0.127 e. The van der Waals surface area contributed by atoms with Crippen LogP contribution in [0.5, 0.6) is 0 Å². The van der Waals surface area contributed by atoms with Gasteiger partial charge in [-0.3, -0.25) is 0 Å². The normalized spacial score (nSPS) is 14.7. The molecule has 1 heteroatoms. The van der Waals surface area contributed by atoms with Crippen molar-refractivity contribution in [1.29, 1.82) is 0 Å².